The van der Waals surface area contributed by atoms with Crippen LogP contribution in [0.3, 0.4) is 0 Å². The van der Waals surface area contributed by atoms with Crippen LogP contribution in [0.5, 0.6) is 0 Å². The molecule has 0 aliphatic carbocycles. The summed E-state index contributed by atoms with van der Waals surface area (Å²) in [5, 5.41) is 7.16. The van der Waals surface area contributed by atoms with Crippen LogP contribution in [-0.4, -0.2) is 10.2 Å². The van der Waals surface area contributed by atoms with Gasteiger partial charge in [-0.15, -0.1) is 5.10 Å². The van der Waals surface area contributed by atoms with Gasteiger partial charge in [-0.2, -0.15) is 5.10 Å². The normalized spacial score (nSPS) is 9.44. The first-order chi connectivity index (χ1) is 4.33. The van der Waals surface area contributed by atoms with Gasteiger partial charge in [0.1, 0.15) is 5.82 Å². The SMILES string of the molecule is NCc1cnnc(N)c1. The molecule has 0 bridgehead atoms. The Bertz CT molecular complexity index is 198. The number of aromatic nitrogens is 2. The molecule has 1 heterocycles. The minimum atomic E-state index is 0.415. The largest absolute Gasteiger partial charge is 0.382 e. The molecule has 48 valence electrons. The molecular weight excluding hydrogens is 116 g/mol. The summed E-state index contributed by atoms with van der Waals surface area (Å²) in [6, 6.07) is 1.70. The molecule has 1 rings (SSSR count). The predicted molar refractivity (Wildman–Crippen MR) is 34.3 cm³/mol. The molecule has 0 saturated heterocycles. The first kappa shape index (κ1) is 5.97. The van der Waals surface area contributed by atoms with Gasteiger partial charge in [0.2, 0.25) is 0 Å². The first-order valence-electron chi connectivity index (χ1n) is 2.60. The lowest BCUT2D eigenvalue weighted by Gasteiger charge is -1.93. The summed E-state index contributed by atoms with van der Waals surface area (Å²) >= 11 is 0. The standard InChI is InChI=1S/C5H8N4/c6-2-4-1-5(7)9-8-3-4/h1,3H,2,6H2,(H2,7,9). The molecule has 0 aliphatic heterocycles. The van der Waals surface area contributed by atoms with Crippen LogP contribution in [0.25, 0.3) is 0 Å². The third kappa shape index (κ3) is 1.36. The third-order valence-electron chi connectivity index (χ3n) is 0.966. The molecule has 9 heavy (non-hydrogen) atoms. The van der Waals surface area contributed by atoms with Crippen LogP contribution >= 0.6 is 0 Å². The monoisotopic (exact) mass is 124 g/mol. The Morgan fingerprint density at radius 3 is 2.78 bits per heavy atom. The molecule has 0 amide bonds. The summed E-state index contributed by atoms with van der Waals surface area (Å²) < 4.78 is 0. The molecule has 0 spiro atoms. The summed E-state index contributed by atoms with van der Waals surface area (Å²) in [6.07, 6.45) is 1.59. The maximum atomic E-state index is 5.30. The van der Waals surface area contributed by atoms with E-state index in [0.717, 1.165) is 5.56 Å². The molecule has 0 unspecified atom stereocenters. The number of hydrogen-bond acceptors (Lipinski definition) is 4. The number of nitrogen functional groups attached to an aromatic ring is 1. The maximum Gasteiger partial charge on any atom is 0.146 e. The van der Waals surface area contributed by atoms with Crippen molar-refractivity contribution in [2.45, 2.75) is 6.54 Å². The smallest absolute Gasteiger partial charge is 0.146 e. The van der Waals surface area contributed by atoms with E-state index < -0.39 is 0 Å². The van der Waals surface area contributed by atoms with Crippen molar-refractivity contribution in [1.29, 1.82) is 0 Å². The molecule has 0 aromatic carbocycles. The van der Waals surface area contributed by atoms with Crippen LogP contribution in [-0.2, 0) is 6.54 Å². The van der Waals surface area contributed by atoms with E-state index in [0.29, 0.717) is 12.4 Å². The van der Waals surface area contributed by atoms with Crippen LogP contribution in [0.2, 0.25) is 0 Å². The van der Waals surface area contributed by atoms with Gasteiger partial charge in [0, 0.05) is 6.54 Å². The second kappa shape index (κ2) is 2.41. The van der Waals surface area contributed by atoms with Crippen LogP contribution < -0.4 is 11.5 Å². The summed E-state index contributed by atoms with van der Waals surface area (Å²) in [4.78, 5) is 0. The van der Waals surface area contributed by atoms with Crippen molar-refractivity contribution >= 4 is 5.82 Å². The van der Waals surface area contributed by atoms with Gasteiger partial charge >= 0.3 is 0 Å². The van der Waals surface area contributed by atoms with E-state index in [9.17, 15) is 0 Å². The fourth-order valence-electron chi connectivity index (χ4n) is 0.537. The van der Waals surface area contributed by atoms with Crippen molar-refractivity contribution in [1.82, 2.24) is 10.2 Å². The average molecular weight is 124 g/mol. The van der Waals surface area contributed by atoms with Crippen molar-refractivity contribution in [2.24, 2.45) is 5.73 Å². The Morgan fingerprint density at radius 2 is 2.33 bits per heavy atom. The number of anilines is 1. The van der Waals surface area contributed by atoms with Crippen LogP contribution in [0.4, 0.5) is 5.82 Å². The van der Waals surface area contributed by atoms with Gasteiger partial charge in [-0.05, 0) is 11.6 Å². The Morgan fingerprint density at radius 1 is 1.56 bits per heavy atom. The van der Waals surface area contributed by atoms with Crippen LogP contribution in [0.1, 0.15) is 5.56 Å². The number of hydrogen-bond donors (Lipinski definition) is 2. The molecular formula is C5H8N4. The van der Waals surface area contributed by atoms with E-state index in [1.165, 1.54) is 0 Å². The number of rotatable bonds is 1. The minimum absolute atomic E-state index is 0.415. The fourth-order valence-corrected chi connectivity index (χ4v) is 0.537. The summed E-state index contributed by atoms with van der Waals surface area (Å²) in [5.74, 6) is 0.415. The summed E-state index contributed by atoms with van der Waals surface area (Å²) in [7, 11) is 0. The van der Waals surface area contributed by atoms with E-state index in [1.54, 1.807) is 12.3 Å². The molecule has 4 heteroatoms. The predicted octanol–water partition coefficient (Wildman–Crippen LogP) is -0.483. The highest BCUT2D eigenvalue weighted by Crippen LogP contribution is 1.97. The van der Waals surface area contributed by atoms with E-state index in [1.807, 2.05) is 0 Å². The highest BCUT2D eigenvalue weighted by molar-refractivity contribution is 5.28. The first-order valence-corrected chi connectivity index (χ1v) is 2.60. The van der Waals surface area contributed by atoms with Gasteiger partial charge < -0.3 is 11.5 Å². The Kier molecular flexibility index (Phi) is 1.60. The third-order valence-corrected chi connectivity index (χ3v) is 0.966. The van der Waals surface area contributed by atoms with Crippen molar-refractivity contribution < 1.29 is 0 Å². The van der Waals surface area contributed by atoms with E-state index in [2.05, 4.69) is 10.2 Å². The van der Waals surface area contributed by atoms with Gasteiger partial charge in [-0.25, -0.2) is 0 Å². The molecule has 0 fully saturated rings. The second-order valence-electron chi connectivity index (χ2n) is 1.69. The zero-order valence-electron chi connectivity index (χ0n) is 4.91. The second-order valence-corrected chi connectivity index (χ2v) is 1.69. The highest BCUT2D eigenvalue weighted by atomic mass is 15.1. The lowest BCUT2D eigenvalue weighted by atomic mass is 10.3. The number of nitrogens with two attached hydrogens (primary N) is 2. The van der Waals surface area contributed by atoms with E-state index >= 15 is 0 Å². The van der Waals surface area contributed by atoms with Crippen molar-refractivity contribution in [3.8, 4) is 0 Å². The Hall–Kier alpha value is -1.16. The van der Waals surface area contributed by atoms with Crippen molar-refractivity contribution in [3.05, 3.63) is 17.8 Å². The van der Waals surface area contributed by atoms with Gasteiger partial charge in [0.25, 0.3) is 0 Å². The fraction of sp³-hybridized carbons (Fsp3) is 0.200. The van der Waals surface area contributed by atoms with Crippen LogP contribution in [0, 0.1) is 0 Å². The molecule has 0 radical (unpaired) electrons. The Balaban J connectivity index is 2.94. The van der Waals surface area contributed by atoms with Gasteiger partial charge in [-0.3, -0.25) is 0 Å². The van der Waals surface area contributed by atoms with Crippen molar-refractivity contribution in [2.75, 3.05) is 5.73 Å². The molecule has 4 nitrogen and oxygen atoms in total. The lowest BCUT2D eigenvalue weighted by molar-refractivity contribution is 0.974. The minimum Gasteiger partial charge on any atom is -0.382 e. The van der Waals surface area contributed by atoms with E-state index in [4.69, 9.17) is 11.5 Å². The highest BCUT2D eigenvalue weighted by Gasteiger charge is 1.89. The quantitative estimate of drug-likeness (QED) is 0.530. The van der Waals surface area contributed by atoms with Gasteiger partial charge in [0.15, 0.2) is 0 Å². The zero-order valence-corrected chi connectivity index (χ0v) is 4.91. The zero-order chi connectivity index (χ0) is 6.69. The molecule has 4 N–H and O–H groups in total. The van der Waals surface area contributed by atoms with Gasteiger partial charge in [0.05, 0.1) is 6.20 Å². The van der Waals surface area contributed by atoms with E-state index in [-0.39, 0.29) is 0 Å². The topological polar surface area (TPSA) is 77.8 Å². The van der Waals surface area contributed by atoms with Gasteiger partial charge in [-0.1, -0.05) is 0 Å². The Labute approximate surface area is 52.9 Å². The molecule has 0 saturated carbocycles. The average Bonchev–Trinajstić information content (AvgIpc) is 1.88. The summed E-state index contributed by atoms with van der Waals surface area (Å²) in [6.45, 7) is 0.458. The molecule has 1 aromatic heterocycles. The maximum absolute atomic E-state index is 5.30. The van der Waals surface area contributed by atoms with Crippen LogP contribution in [0.15, 0.2) is 12.3 Å². The molecule has 1 aromatic rings. The molecule has 0 atom stereocenters. The summed E-state index contributed by atoms with van der Waals surface area (Å²) in [5.41, 5.74) is 11.5. The number of nitrogens with zero attached hydrogens (tertiary/aromatic N) is 2. The van der Waals surface area contributed by atoms with Crippen molar-refractivity contribution in [3.63, 3.8) is 0 Å². The molecule has 0 aliphatic rings. The lowest BCUT2D eigenvalue weighted by Crippen LogP contribution is -2.00.